The van der Waals surface area contributed by atoms with Crippen molar-refractivity contribution < 1.29 is 4.79 Å². The highest BCUT2D eigenvalue weighted by Crippen LogP contribution is 2.26. The van der Waals surface area contributed by atoms with Gasteiger partial charge >= 0.3 is 0 Å². The van der Waals surface area contributed by atoms with Crippen LogP contribution in [0, 0.1) is 5.92 Å². The first-order chi connectivity index (χ1) is 14.1. The number of piperidine rings is 1. The van der Waals surface area contributed by atoms with E-state index in [4.69, 9.17) is 0 Å². The van der Waals surface area contributed by atoms with E-state index < -0.39 is 0 Å². The second-order valence-corrected chi connectivity index (χ2v) is 7.39. The third-order valence-electron chi connectivity index (χ3n) is 5.59. The first-order valence-electron chi connectivity index (χ1n) is 9.87. The van der Waals surface area contributed by atoms with Gasteiger partial charge in [0.05, 0.1) is 17.6 Å². The van der Waals surface area contributed by atoms with Gasteiger partial charge in [0, 0.05) is 32.5 Å². The minimum absolute atomic E-state index is 0.0179. The third kappa shape index (κ3) is 4.11. The Kier molecular flexibility index (Phi) is 5.50. The number of nitrogens with zero attached hydrogens (tertiary/aromatic N) is 7. The minimum Gasteiger partial charge on any atom is -0.340 e. The maximum atomic E-state index is 13.2. The summed E-state index contributed by atoms with van der Waals surface area (Å²) in [4.78, 5) is 29.8. The van der Waals surface area contributed by atoms with Crippen molar-refractivity contribution in [3.05, 3.63) is 60.9 Å². The fourth-order valence-corrected chi connectivity index (χ4v) is 3.76. The van der Waals surface area contributed by atoms with Gasteiger partial charge in [-0.05, 0) is 43.5 Å². The van der Waals surface area contributed by atoms with Gasteiger partial charge in [0.2, 0.25) is 11.9 Å². The van der Waals surface area contributed by atoms with Crippen LogP contribution in [-0.2, 0) is 4.79 Å². The van der Waals surface area contributed by atoms with Crippen molar-refractivity contribution in [1.29, 1.82) is 0 Å². The number of carbonyl (C=O) groups excluding carboxylic acids is 1. The van der Waals surface area contributed by atoms with Gasteiger partial charge in [-0.1, -0.05) is 12.1 Å². The number of rotatable bonds is 5. The smallest absolute Gasteiger partial charge is 0.227 e. The molecule has 1 aliphatic heterocycles. The zero-order valence-corrected chi connectivity index (χ0v) is 16.7. The number of hydrogen-bond donors (Lipinski definition) is 0. The predicted molar refractivity (Wildman–Crippen MR) is 110 cm³/mol. The highest BCUT2D eigenvalue weighted by atomic mass is 16.2. The molecule has 4 rings (SSSR count). The van der Waals surface area contributed by atoms with Gasteiger partial charge in [0.25, 0.3) is 0 Å². The molecule has 0 radical (unpaired) electrons. The Morgan fingerprint density at radius 2 is 1.97 bits per heavy atom. The number of aromatic nitrogens is 5. The molecule has 2 atom stereocenters. The lowest BCUT2D eigenvalue weighted by Gasteiger charge is -2.35. The molecule has 3 heterocycles. The van der Waals surface area contributed by atoms with E-state index >= 15 is 0 Å². The van der Waals surface area contributed by atoms with Gasteiger partial charge in [-0.15, -0.1) is 0 Å². The van der Waals surface area contributed by atoms with E-state index in [1.807, 2.05) is 36.2 Å². The van der Waals surface area contributed by atoms with Crippen molar-refractivity contribution in [3.8, 4) is 5.69 Å². The van der Waals surface area contributed by atoms with E-state index in [1.54, 1.807) is 29.5 Å². The van der Waals surface area contributed by atoms with Crippen LogP contribution in [0.4, 0.5) is 5.95 Å². The molecule has 1 aromatic carbocycles. The van der Waals surface area contributed by atoms with Gasteiger partial charge < -0.3 is 9.80 Å². The first-order valence-corrected chi connectivity index (χ1v) is 9.87. The zero-order valence-electron chi connectivity index (χ0n) is 16.7. The first kappa shape index (κ1) is 19.0. The molecule has 1 amide bonds. The average molecular weight is 391 g/mol. The molecule has 8 heteroatoms. The number of hydrogen-bond acceptors (Lipinski definition) is 6. The summed E-state index contributed by atoms with van der Waals surface area (Å²) in [5.74, 6) is 0.817. The molecule has 2 aromatic heterocycles. The fourth-order valence-electron chi connectivity index (χ4n) is 3.76. The summed E-state index contributed by atoms with van der Waals surface area (Å²) in [7, 11) is 1.89. The summed E-state index contributed by atoms with van der Waals surface area (Å²) in [6, 6.07) is 9.85. The standard InChI is InChI=1S/C21H25N7O/c1-16(17-6-8-19(9-7-17)28-15-22-14-25-28)26(2)20(29)18-5-3-12-27(13-18)21-23-10-4-11-24-21/h4,6-11,14-16,18H,3,5,12-13H2,1-2H3. The van der Waals surface area contributed by atoms with Crippen LogP contribution >= 0.6 is 0 Å². The third-order valence-corrected chi connectivity index (χ3v) is 5.59. The SMILES string of the molecule is CC(c1ccc(-n2cncn2)cc1)N(C)C(=O)C1CCCN(c2ncccn2)C1. The predicted octanol–water partition coefficient (Wildman–Crippen LogP) is 2.49. The van der Waals surface area contributed by atoms with Crippen molar-refractivity contribution in [2.24, 2.45) is 5.92 Å². The van der Waals surface area contributed by atoms with Crippen molar-refractivity contribution in [1.82, 2.24) is 29.6 Å². The van der Waals surface area contributed by atoms with Crippen molar-refractivity contribution in [2.45, 2.75) is 25.8 Å². The van der Waals surface area contributed by atoms with E-state index in [-0.39, 0.29) is 17.9 Å². The maximum absolute atomic E-state index is 13.2. The number of amides is 1. The van der Waals surface area contributed by atoms with Crippen molar-refractivity contribution >= 4 is 11.9 Å². The molecule has 1 fully saturated rings. The van der Waals surface area contributed by atoms with Crippen molar-refractivity contribution in [2.75, 3.05) is 25.0 Å². The molecule has 3 aromatic rings. The van der Waals surface area contributed by atoms with Crippen LogP contribution in [0.1, 0.15) is 31.4 Å². The normalized spacial score (nSPS) is 17.7. The fraction of sp³-hybridized carbons (Fsp3) is 0.381. The average Bonchev–Trinajstić information content (AvgIpc) is 3.33. The van der Waals surface area contributed by atoms with Gasteiger partial charge in [0.1, 0.15) is 12.7 Å². The van der Waals surface area contributed by atoms with E-state index in [2.05, 4.69) is 31.9 Å². The summed E-state index contributed by atoms with van der Waals surface area (Å²) in [6.07, 6.45) is 8.51. The number of carbonyl (C=O) groups is 1. The highest BCUT2D eigenvalue weighted by molar-refractivity contribution is 5.80. The number of benzene rings is 1. The van der Waals surface area contributed by atoms with Crippen LogP contribution in [0.25, 0.3) is 5.69 Å². The Bertz CT molecular complexity index is 927. The minimum atomic E-state index is -0.0468. The maximum Gasteiger partial charge on any atom is 0.227 e. The van der Waals surface area contributed by atoms with Gasteiger partial charge in [-0.2, -0.15) is 5.10 Å². The van der Waals surface area contributed by atoms with E-state index in [0.717, 1.165) is 30.6 Å². The summed E-state index contributed by atoms with van der Waals surface area (Å²) < 4.78 is 1.71. The Balaban J connectivity index is 1.42. The molecule has 150 valence electrons. The van der Waals surface area contributed by atoms with Crippen LogP contribution in [0.3, 0.4) is 0 Å². The Morgan fingerprint density at radius 1 is 1.21 bits per heavy atom. The lowest BCUT2D eigenvalue weighted by atomic mass is 9.95. The molecule has 8 nitrogen and oxygen atoms in total. The van der Waals surface area contributed by atoms with Gasteiger partial charge in [-0.25, -0.2) is 19.6 Å². The Hall–Kier alpha value is -3.29. The number of anilines is 1. The molecule has 0 saturated carbocycles. The molecular weight excluding hydrogens is 366 g/mol. The molecule has 29 heavy (non-hydrogen) atoms. The largest absolute Gasteiger partial charge is 0.340 e. The molecular formula is C21H25N7O. The van der Waals surface area contributed by atoms with Crippen LogP contribution in [0.2, 0.25) is 0 Å². The van der Waals surface area contributed by atoms with Crippen molar-refractivity contribution in [3.63, 3.8) is 0 Å². The zero-order chi connectivity index (χ0) is 20.2. The Morgan fingerprint density at radius 3 is 2.66 bits per heavy atom. The van der Waals surface area contributed by atoms with Gasteiger partial charge in [0.15, 0.2) is 0 Å². The monoisotopic (exact) mass is 391 g/mol. The molecule has 0 bridgehead atoms. The summed E-state index contributed by atoms with van der Waals surface area (Å²) in [5, 5.41) is 4.14. The van der Waals surface area contributed by atoms with E-state index in [1.165, 1.54) is 6.33 Å². The highest BCUT2D eigenvalue weighted by Gasteiger charge is 2.30. The van der Waals surface area contributed by atoms with Gasteiger partial charge in [-0.3, -0.25) is 4.79 Å². The molecule has 0 N–H and O–H groups in total. The molecule has 1 saturated heterocycles. The lowest BCUT2D eigenvalue weighted by molar-refractivity contribution is -0.136. The van der Waals surface area contributed by atoms with Crippen LogP contribution in [0.15, 0.2) is 55.4 Å². The van der Waals surface area contributed by atoms with E-state index in [0.29, 0.717) is 12.5 Å². The topological polar surface area (TPSA) is 80.0 Å². The van der Waals surface area contributed by atoms with E-state index in [9.17, 15) is 4.79 Å². The summed E-state index contributed by atoms with van der Waals surface area (Å²) in [5.41, 5.74) is 2.03. The second kappa shape index (κ2) is 8.38. The summed E-state index contributed by atoms with van der Waals surface area (Å²) in [6.45, 7) is 3.60. The quantitative estimate of drug-likeness (QED) is 0.665. The molecule has 2 unspecified atom stereocenters. The molecule has 0 spiro atoms. The summed E-state index contributed by atoms with van der Waals surface area (Å²) >= 11 is 0. The van der Waals surface area contributed by atoms with Crippen LogP contribution in [-0.4, -0.2) is 55.7 Å². The Labute approximate surface area is 170 Å². The molecule has 0 aliphatic carbocycles. The van der Waals surface area contributed by atoms with Crippen LogP contribution < -0.4 is 4.90 Å². The second-order valence-electron chi connectivity index (χ2n) is 7.39. The molecule has 1 aliphatic rings. The van der Waals surface area contributed by atoms with Crippen LogP contribution in [0.5, 0.6) is 0 Å². The lowest BCUT2D eigenvalue weighted by Crippen LogP contribution is -2.44.